The number of methoxy groups -OCH3 is 1. The fraction of sp³-hybridized carbons (Fsp3) is 0.483. The van der Waals surface area contributed by atoms with E-state index in [0.29, 0.717) is 23.8 Å². The first-order valence-electron chi connectivity index (χ1n) is 13.1. The van der Waals surface area contributed by atoms with Crippen molar-refractivity contribution in [3.63, 3.8) is 0 Å². The molecule has 0 bridgehead atoms. The maximum Gasteiger partial charge on any atom is 0.255 e. The molecule has 2 aromatic carbocycles. The molecule has 1 fully saturated rings. The minimum Gasteiger partial charge on any atom is -0.496 e. The van der Waals surface area contributed by atoms with E-state index in [1.165, 1.54) is 24.1 Å². The van der Waals surface area contributed by atoms with E-state index in [0.717, 1.165) is 55.7 Å². The topological polar surface area (TPSA) is 60.6 Å². The van der Waals surface area contributed by atoms with Crippen LogP contribution >= 0.6 is 0 Å². The van der Waals surface area contributed by atoms with Crippen molar-refractivity contribution in [2.45, 2.75) is 46.5 Å². The van der Waals surface area contributed by atoms with Crippen LogP contribution in [-0.4, -0.2) is 50.7 Å². The number of piperidine rings is 1. The summed E-state index contributed by atoms with van der Waals surface area (Å²) in [6.07, 6.45) is 4.40. The Morgan fingerprint density at radius 2 is 1.83 bits per heavy atom. The van der Waals surface area contributed by atoms with E-state index in [2.05, 4.69) is 71.2 Å². The van der Waals surface area contributed by atoms with Crippen LogP contribution in [0.15, 0.2) is 42.5 Å². The van der Waals surface area contributed by atoms with Crippen molar-refractivity contribution in [2.75, 3.05) is 49.6 Å². The maximum absolute atomic E-state index is 12.9. The van der Waals surface area contributed by atoms with Gasteiger partial charge in [-0.2, -0.15) is 0 Å². The number of rotatable bonds is 10. The van der Waals surface area contributed by atoms with Gasteiger partial charge in [0.05, 0.1) is 23.9 Å². The largest absolute Gasteiger partial charge is 0.496 e. The number of carbonyl (C=O) groups excluding carboxylic acids is 1. The molecule has 1 aromatic heterocycles. The highest BCUT2D eigenvalue weighted by atomic mass is 16.5. The van der Waals surface area contributed by atoms with E-state index in [-0.39, 0.29) is 5.91 Å². The third kappa shape index (κ3) is 5.42. The number of hydrogen-bond acceptors (Lipinski definition) is 4. The summed E-state index contributed by atoms with van der Waals surface area (Å²) in [6.45, 7) is 11.0. The molecule has 6 heteroatoms. The molecule has 0 aliphatic carbocycles. The number of fused-ring (bicyclic) bond motifs is 1. The fourth-order valence-corrected chi connectivity index (χ4v) is 5.27. The van der Waals surface area contributed by atoms with Crippen LogP contribution in [0.5, 0.6) is 5.75 Å². The molecule has 1 saturated heterocycles. The first-order valence-corrected chi connectivity index (χ1v) is 13.1. The lowest BCUT2D eigenvalue weighted by atomic mass is 9.90. The van der Waals surface area contributed by atoms with E-state index in [1.807, 2.05) is 12.1 Å². The maximum atomic E-state index is 12.9. The number of ether oxygens (including phenoxy) is 1. The van der Waals surface area contributed by atoms with E-state index < -0.39 is 0 Å². The molecule has 4 rings (SSSR count). The Balaban J connectivity index is 1.65. The zero-order valence-corrected chi connectivity index (χ0v) is 21.7. The molecule has 0 unspecified atom stereocenters. The normalized spacial score (nSPS) is 14.3. The second kappa shape index (κ2) is 11.5. The van der Waals surface area contributed by atoms with Gasteiger partial charge in [0, 0.05) is 44.2 Å². The van der Waals surface area contributed by atoms with Gasteiger partial charge in [-0.05, 0) is 57.1 Å². The van der Waals surface area contributed by atoms with Gasteiger partial charge >= 0.3 is 0 Å². The Bertz CT molecular complexity index is 1110. The minimum absolute atomic E-state index is 0.0828. The van der Waals surface area contributed by atoms with Gasteiger partial charge in [0.25, 0.3) is 5.91 Å². The third-order valence-corrected chi connectivity index (χ3v) is 7.23. The predicted octanol–water partition coefficient (Wildman–Crippen LogP) is 5.62. The standard InChI is InChI=1S/C29H40N4O2/c1-5-15-30-29(34)24-19-23-25(20-26(24)35-4)31-28(27(23)32(6-2)7-3)33-16-13-22(14-17-33)18-21-11-9-8-10-12-21/h8-12,19-20,22,31H,5-7,13-18H2,1-4H3,(H,30,34). The van der Waals surface area contributed by atoms with Gasteiger partial charge in [-0.3, -0.25) is 4.79 Å². The van der Waals surface area contributed by atoms with Crippen LogP contribution in [0.1, 0.15) is 56.0 Å². The highest BCUT2D eigenvalue weighted by Gasteiger charge is 2.27. The molecule has 0 atom stereocenters. The van der Waals surface area contributed by atoms with E-state index in [4.69, 9.17) is 4.74 Å². The van der Waals surface area contributed by atoms with Crippen molar-refractivity contribution in [2.24, 2.45) is 5.92 Å². The molecule has 188 valence electrons. The average molecular weight is 477 g/mol. The molecule has 2 N–H and O–H groups in total. The summed E-state index contributed by atoms with van der Waals surface area (Å²) in [5.74, 6) is 2.39. The molecule has 1 aliphatic heterocycles. The van der Waals surface area contributed by atoms with Crippen molar-refractivity contribution < 1.29 is 9.53 Å². The van der Waals surface area contributed by atoms with Crippen LogP contribution < -0.4 is 19.9 Å². The SMILES string of the molecule is CCCNC(=O)c1cc2c(N(CC)CC)c(N3CCC(Cc4ccccc4)CC3)[nH]c2cc1OC. The van der Waals surface area contributed by atoms with Crippen LogP contribution in [-0.2, 0) is 6.42 Å². The van der Waals surface area contributed by atoms with Gasteiger partial charge in [0.2, 0.25) is 0 Å². The zero-order valence-electron chi connectivity index (χ0n) is 21.7. The molecular weight excluding hydrogens is 436 g/mol. The molecule has 2 heterocycles. The number of benzene rings is 2. The number of hydrogen-bond donors (Lipinski definition) is 2. The summed E-state index contributed by atoms with van der Waals surface area (Å²) >= 11 is 0. The van der Waals surface area contributed by atoms with Crippen molar-refractivity contribution >= 4 is 28.3 Å². The van der Waals surface area contributed by atoms with Crippen LogP contribution in [0.2, 0.25) is 0 Å². The lowest BCUT2D eigenvalue weighted by Gasteiger charge is -2.35. The van der Waals surface area contributed by atoms with E-state index >= 15 is 0 Å². The van der Waals surface area contributed by atoms with Gasteiger partial charge < -0.3 is 24.8 Å². The Labute approximate surface area is 209 Å². The fourth-order valence-electron chi connectivity index (χ4n) is 5.27. The number of aromatic nitrogens is 1. The summed E-state index contributed by atoms with van der Waals surface area (Å²) < 4.78 is 5.62. The number of nitrogens with one attached hydrogen (secondary N) is 2. The Morgan fingerprint density at radius 3 is 2.46 bits per heavy atom. The van der Waals surface area contributed by atoms with Crippen LogP contribution in [0.25, 0.3) is 10.9 Å². The van der Waals surface area contributed by atoms with Gasteiger partial charge in [-0.25, -0.2) is 0 Å². The monoisotopic (exact) mass is 476 g/mol. The number of carbonyl (C=O) groups is 1. The molecular formula is C29H40N4O2. The van der Waals surface area contributed by atoms with Crippen LogP contribution in [0, 0.1) is 5.92 Å². The van der Waals surface area contributed by atoms with Gasteiger partial charge in [0.1, 0.15) is 11.6 Å². The summed E-state index contributed by atoms with van der Waals surface area (Å²) in [6, 6.07) is 14.8. The smallest absolute Gasteiger partial charge is 0.255 e. The van der Waals surface area contributed by atoms with Crippen molar-refractivity contribution in [1.82, 2.24) is 10.3 Å². The minimum atomic E-state index is -0.0828. The number of aromatic amines is 1. The quantitative estimate of drug-likeness (QED) is 0.399. The summed E-state index contributed by atoms with van der Waals surface area (Å²) in [7, 11) is 1.63. The van der Waals surface area contributed by atoms with Gasteiger partial charge in [0.15, 0.2) is 0 Å². The Kier molecular flexibility index (Phi) is 8.21. The lowest BCUT2D eigenvalue weighted by Crippen LogP contribution is -2.36. The second-order valence-corrected chi connectivity index (χ2v) is 9.47. The molecule has 0 radical (unpaired) electrons. The number of amides is 1. The highest BCUT2D eigenvalue weighted by Crippen LogP contribution is 2.41. The van der Waals surface area contributed by atoms with Crippen molar-refractivity contribution in [3.8, 4) is 5.75 Å². The summed E-state index contributed by atoms with van der Waals surface area (Å²) in [5, 5.41) is 4.09. The van der Waals surface area contributed by atoms with E-state index in [1.54, 1.807) is 7.11 Å². The second-order valence-electron chi connectivity index (χ2n) is 9.47. The Hall–Kier alpha value is -3.15. The first-order chi connectivity index (χ1) is 17.1. The molecule has 0 spiro atoms. The zero-order chi connectivity index (χ0) is 24.8. The highest BCUT2D eigenvalue weighted by molar-refractivity contribution is 6.07. The molecule has 3 aromatic rings. The summed E-state index contributed by atoms with van der Waals surface area (Å²) in [5.41, 5.74) is 4.23. The summed E-state index contributed by atoms with van der Waals surface area (Å²) in [4.78, 5) is 21.5. The lowest BCUT2D eigenvalue weighted by molar-refractivity contribution is 0.0951. The number of H-pyrrole nitrogens is 1. The Morgan fingerprint density at radius 1 is 1.11 bits per heavy atom. The number of nitrogens with zero attached hydrogens (tertiary/aromatic N) is 2. The molecule has 0 saturated carbocycles. The average Bonchev–Trinajstić information content (AvgIpc) is 3.26. The van der Waals surface area contributed by atoms with Crippen molar-refractivity contribution in [3.05, 3.63) is 53.6 Å². The molecule has 6 nitrogen and oxygen atoms in total. The van der Waals surface area contributed by atoms with Crippen LogP contribution in [0.4, 0.5) is 11.5 Å². The predicted molar refractivity (Wildman–Crippen MR) is 146 cm³/mol. The van der Waals surface area contributed by atoms with Gasteiger partial charge in [-0.15, -0.1) is 0 Å². The third-order valence-electron chi connectivity index (χ3n) is 7.23. The molecule has 1 aliphatic rings. The molecule has 1 amide bonds. The molecule has 35 heavy (non-hydrogen) atoms. The van der Waals surface area contributed by atoms with Crippen molar-refractivity contribution in [1.29, 1.82) is 0 Å². The van der Waals surface area contributed by atoms with Crippen LogP contribution in [0.3, 0.4) is 0 Å². The first kappa shape index (κ1) is 25.0. The number of anilines is 2. The van der Waals surface area contributed by atoms with E-state index in [9.17, 15) is 4.79 Å². The van der Waals surface area contributed by atoms with Gasteiger partial charge in [-0.1, -0.05) is 37.3 Å².